The van der Waals surface area contributed by atoms with Crippen LogP contribution in [0, 0.1) is 0 Å². The van der Waals surface area contributed by atoms with E-state index in [-0.39, 0.29) is 63.2 Å². The number of nitrogens with two attached hydrogens (primary N) is 1. The van der Waals surface area contributed by atoms with Crippen LogP contribution < -0.4 is 47.1 Å². The Bertz CT molecular complexity index is 2730. The average molecular weight is 1210 g/mol. The maximum absolute atomic E-state index is 14.9. The van der Waals surface area contributed by atoms with Crippen LogP contribution in [0.5, 0.6) is 5.75 Å². The second-order valence-corrected chi connectivity index (χ2v) is 24.5. The zero-order valence-corrected chi connectivity index (χ0v) is 50.5. The van der Waals surface area contributed by atoms with E-state index in [1.54, 1.807) is 41.5 Å². The Kier molecular flexibility index (Phi) is 24.8. The van der Waals surface area contributed by atoms with Crippen molar-refractivity contribution in [2.24, 2.45) is 10.7 Å². The van der Waals surface area contributed by atoms with Crippen molar-refractivity contribution in [1.29, 1.82) is 0 Å². The van der Waals surface area contributed by atoms with Crippen LogP contribution in [0.15, 0.2) is 34.2 Å². The first kappa shape index (κ1) is 68.9. The molecular weight excluding hydrogens is 1120 g/mol. The summed E-state index contributed by atoms with van der Waals surface area (Å²) >= 11 is 0. The second-order valence-electron chi connectivity index (χ2n) is 22.9. The summed E-state index contributed by atoms with van der Waals surface area (Å²) in [4.78, 5) is 157. The van der Waals surface area contributed by atoms with Crippen molar-refractivity contribution in [3.8, 4) is 5.75 Å². The minimum atomic E-state index is -4.21. The number of carbonyl (C=O) groups is 11. The molecular formula is C54H84N12O17S. The van der Waals surface area contributed by atoms with Crippen LogP contribution in [0.4, 0.5) is 0 Å². The van der Waals surface area contributed by atoms with Gasteiger partial charge in [0, 0.05) is 33.1 Å². The van der Waals surface area contributed by atoms with Gasteiger partial charge in [0.2, 0.25) is 59.1 Å². The number of nitrogens with zero attached hydrogens (tertiary/aromatic N) is 4. The molecule has 3 aliphatic heterocycles. The molecule has 468 valence electrons. The SMILES string of the molecule is COc1ccc(S(=O)(=O)NC(N)=NCCC[C@H](NC(=O)[C@@H](NC(=O)[C@H](CC(=O)OC(C)(C)C)NC(=O)[C@@H]2CCCN2C(=O)[C@H](C)NC(C)=O)[C@@H](C)OC(C)(C)C)C(=O)N2CCC[C@H]2C(=O)N[C@@H](C)C(=O)N2CCC[C@H]2C(=O)NCC(=O)O)cc1. The molecule has 30 heteroatoms. The third-order valence-corrected chi connectivity index (χ3v) is 15.0. The lowest BCUT2D eigenvalue weighted by atomic mass is 10.0. The van der Waals surface area contributed by atoms with Gasteiger partial charge in [-0.25, -0.2) is 13.1 Å². The highest BCUT2D eigenvalue weighted by Crippen LogP contribution is 2.24. The van der Waals surface area contributed by atoms with Gasteiger partial charge in [0.25, 0.3) is 10.0 Å². The quantitative estimate of drug-likeness (QED) is 0.0224. The summed E-state index contributed by atoms with van der Waals surface area (Å²) in [5.74, 6) is -9.00. The Hall–Kier alpha value is -7.63. The number of carbonyl (C=O) groups excluding carboxylic acids is 10. The molecule has 3 aliphatic rings. The third-order valence-electron chi connectivity index (χ3n) is 13.6. The van der Waals surface area contributed by atoms with E-state index in [1.165, 1.54) is 73.8 Å². The molecule has 0 bridgehead atoms. The first-order valence-corrected chi connectivity index (χ1v) is 29.4. The van der Waals surface area contributed by atoms with E-state index in [9.17, 15) is 61.2 Å². The molecule has 0 spiro atoms. The van der Waals surface area contributed by atoms with Crippen LogP contribution in [-0.4, -0.2) is 205 Å². The van der Waals surface area contributed by atoms with Crippen LogP contribution >= 0.6 is 0 Å². The molecule has 3 heterocycles. The van der Waals surface area contributed by atoms with E-state index in [0.717, 1.165) is 0 Å². The Balaban J connectivity index is 1.66. The van der Waals surface area contributed by atoms with Gasteiger partial charge in [-0.15, -0.1) is 0 Å². The van der Waals surface area contributed by atoms with Crippen molar-refractivity contribution < 1.29 is 80.5 Å². The van der Waals surface area contributed by atoms with Gasteiger partial charge in [0.05, 0.1) is 30.1 Å². The van der Waals surface area contributed by atoms with E-state index >= 15 is 0 Å². The number of esters is 1. The van der Waals surface area contributed by atoms with Gasteiger partial charge in [-0.3, -0.25) is 57.7 Å². The number of likely N-dealkylation sites (tertiary alicyclic amines) is 3. The number of guanidine groups is 1. The summed E-state index contributed by atoms with van der Waals surface area (Å²) in [6.45, 7) is 14.8. The number of ether oxygens (including phenoxy) is 3. The molecule has 0 unspecified atom stereocenters. The molecule has 0 aliphatic carbocycles. The molecule has 84 heavy (non-hydrogen) atoms. The molecule has 1 aromatic carbocycles. The lowest BCUT2D eigenvalue weighted by molar-refractivity contribution is -0.157. The number of rotatable bonds is 26. The zero-order chi connectivity index (χ0) is 63.0. The van der Waals surface area contributed by atoms with Crippen LogP contribution in [-0.2, 0) is 72.2 Å². The minimum Gasteiger partial charge on any atom is -0.497 e. The third kappa shape index (κ3) is 20.6. The van der Waals surface area contributed by atoms with Crippen LogP contribution in [0.2, 0.25) is 0 Å². The van der Waals surface area contributed by atoms with Crippen molar-refractivity contribution in [3.05, 3.63) is 24.3 Å². The molecule has 29 nitrogen and oxygen atoms in total. The topological polar surface area (TPSA) is 402 Å². The summed E-state index contributed by atoms with van der Waals surface area (Å²) < 4.78 is 45.2. The molecule has 10 N–H and O–H groups in total. The summed E-state index contributed by atoms with van der Waals surface area (Å²) in [7, 11) is -2.80. The lowest BCUT2D eigenvalue weighted by Gasteiger charge is -2.34. The molecule has 0 aromatic heterocycles. The predicted molar refractivity (Wildman–Crippen MR) is 301 cm³/mol. The van der Waals surface area contributed by atoms with Gasteiger partial charge >= 0.3 is 11.9 Å². The van der Waals surface area contributed by atoms with E-state index < -0.39 is 160 Å². The van der Waals surface area contributed by atoms with Gasteiger partial charge in [-0.1, -0.05) is 0 Å². The smallest absolute Gasteiger partial charge is 0.322 e. The summed E-state index contributed by atoms with van der Waals surface area (Å²) in [6.07, 6.45) is -0.526. The molecule has 9 amide bonds. The molecule has 0 radical (unpaired) electrons. The number of hydrogen-bond acceptors (Lipinski definition) is 17. The lowest BCUT2D eigenvalue weighted by Crippen LogP contribution is -2.62. The summed E-state index contributed by atoms with van der Waals surface area (Å²) in [6, 6.07) is -4.94. The fourth-order valence-corrected chi connectivity index (χ4v) is 10.9. The maximum atomic E-state index is 14.9. The number of carboxylic acids is 1. The molecule has 0 saturated carbocycles. The largest absolute Gasteiger partial charge is 0.497 e. The van der Waals surface area contributed by atoms with Crippen molar-refractivity contribution >= 4 is 81.1 Å². The van der Waals surface area contributed by atoms with Gasteiger partial charge in [0.15, 0.2) is 0 Å². The molecule has 4 rings (SSSR count). The van der Waals surface area contributed by atoms with Crippen molar-refractivity contribution in [2.75, 3.05) is 39.8 Å². The summed E-state index contributed by atoms with van der Waals surface area (Å²) in [5.41, 5.74) is 4.02. The Morgan fingerprint density at radius 1 is 0.690 bits per heavy atom. The van der Waals surface area contributed by atoms with Crippen LogP contribution in [0.3, 0.4) is 0 Å². The Labute approximate surface area is 489 Å². The number of hydrogen-bond donors (Lipinski definition) is 9. The molecule has 9 atom stereocenters. The monoisotopic (exact) mass is 1200 g/mol. The molecule has 3 saturated heterocycles. The van der Waals surface area contributed by atoms with E-state index in [0.29, 0.717) is 25.0 Å². The van der Waals surface area contributed by atoms with E-state index in [4.69, 9.17) is 25.1 Å². The number of aliphatic imine (C=N–C) groups is 1. The van der Waals surface area contributed by atoms with E-state index in [1.807, 2.05) is 0 Å². The normalized spacial score (nSPS) is 19.5. The van der Waals surface area contributed by atoms with Gasteiger partial charge in [-0.05, 0) is 138 Å². The number of methoxy groups -OCH3 is 1. The number of nitrogens with one attached hydrogen (secondary N) is 7. The Morgan fingerprint density at radius 2 is 1.20 bits per heavy atom. The predicted octanol–water partition coefficient (Wildman–Crippen LogP) is -1.34. The van der Waals surface area contributed by atoms with E-state index in [2.05, 4.69) is 41.6 Å². The van der Waals surface area contributed by atoms with Crippen molar-refractivity contribution in [3.63, 3.8) is 0 Å². The zero-order valence-electron chi connectivity index (χ0n) is 49.7. The molecule has 1 aromatic rings. The number of aliphatic carboxylic acids is 1. The van der Waals surface area contributed by atoms with Gasteiger partial charge in [0.1, 0.15) is 66.2 Å². The first-order chi connectivity index (χ1) is 39.1. The first-order valence-electron chi connectivity index (χ1n) is 27.9. The van der Waals surface area contributed by atoms with Crippen molar-refractivity contribution in [1.82, 2.24) is 51.3 Å². The maximum Gasteiger partial charge on any atom is 0.322 e. The number of amides is 9. The number of benzene rings is 1. The van der Waals surface area contributed by atoms with Crippen LogP contribution in [0.25, 0.3) is 0 Å². The summed E-state index contributed by atoms with van der Waals surface area (Å²) in [5, 5.41) is 24.4. The number of sulfonamides is 1. The highest BCUT2D eigenvalue weighted by molar-refractivity contribution is 7.90. The van der Waals surface area contributed by atoms with Crippen LogP contribution in [0.1, 0.15) is 127 Å². The fraction of sp³-hybridized carbons (Fsp3) is 0.667. The van der Waals surface area contributed by atoms with Gasteiger partial charge < -0.3 is 71.7 Å². The Morgan fingerprint density at radius 3 is 1.70 bits per heavy atom. The average Bonchev–Trinajstić information content (AvgIpc) is 4.14. The highest BCUT2D eigenvalue weighted by atomic mass is 32.2. The second kappa shape index (κ2) is 30.3. The number of carboxylic acid groups (broad SMARTS) is 1. The minimum absolute atomic E-state index is 0.00766. The fourth-order valence-electron chi connectivity index (χ4n) is 9.93. The van der Waals surface area contributed by atoms with Crippen molar-refractivity contribution in [2.45, 2.75) is 198 Å². The van der Waals surface area contributed by atoms with Gasteiger partial charge in [-0.2, -0.15) is 0 Å². The molecule has 3 fully saturated rings. The highest BCUT2D eigenvalue weighted by Gasteiger charge is 2.44. The standard InChI is InChI=1S/C54H84N12O17S/c1-30(58-33(4)67)49(76)65-26-14-19-40(65)47(74)61-37(28-42(70)83-54(8,9)10)44(71)62-43(32(3)82-53(5,6)7)48(75)60-36(16-12-24-56-52(55)63-84(79,80)35-22-20-34(81-11)21-23-35)51(78)66-27-15-18-39(66)46(73)59-31(2)50(77)64-25-13-17-38(64)45(72)57-29-41(68)69/h20-23,30-32,36-40,43H,12-19,24-29H2,1-11H3,(H,57,72)(H,58,67)(H,59,73)(H,60,75)(H,61,74)(H,62,71)(H,68,69)(H3,55,56,63)/t30-,31-,32+,36-,37-,38-,39-,40-,43-/m0/s1.